The van der Waals surface area contributed by atoms with Gasteiger partial charge in [0, 0.05) is 32.8 Å². The smallest absolute Gasteiger partial charge is 0.284 e. The number of imidazole rings is 1. The Hall–Kier alpha value is -3.85. The zero-order valence-electron chi connectivity index (χ0n) is 23.6. The summed E-state index contributed by atoms with van der Waals surface area (Å²) in [6.07, 6.45) is 2.10. The quantitative estimate of drug-likeness (QED) is 0.309. The van der Waals surface area contributed by atoms with E-state index >= 15 is 0 Å². The lowest BCUT2D eigenvalue weighted by Crippen LogP contribution is -2.50. The number of aromatic nitrogens is 3. The molecule has 0 bridgehead atoms. The highest BCUT2D eigenvalue weighted by Gasteiger charge is 2.36. The van der Waals surface area contributed by atoms with Crippen LogP contribution >= 0.6 is 11.3 Å². The van der Waals surface area contributed by atoms with Crippen molar-refractivity contribution in [2.24, 2.45) is 13.0 Å². The number of hydrogen-bond donors (Lipinski definition) is 2. The number of hydrogen-bond acceptors (Lipinski definition) is 9. The molecule has 2 aromatic carbocycles. The minimum Gasteiger partial charge on any atom is -0.486 e. The molecule has 2 amide bonds. The van der Waals surface area contributed by atoms with Crippen molar-refractivity contribution < 1.29 is 27.9 Å². The van der Waals surface area contributed by atoms with Gasteiger partial charge in [-0.05, 0) is 31.2 Å². The number of fused-ring (bicyclic) bond motifs is 2. The number of aryl methyl sites for hydroxylation is 1. The van der Waals surface area contributed by atoms with Gasteiger partial charge in [-0.3, -0.25) is 9.59 Å². The van der Waals surface area contributed by atoms with Gasteiger partial charge in [0.2, 0.25) is 0 Å². The Balaban J connectivity index is 1.51. The van der Waals surface area contributed by atoms with E-state index in [4.69, 9.17) is 4.74 Å². The summed E-state index contributed by atoms with van der Waals surface area (Å²) in [7, 11) is -0.813. The van der Waals surface area contributed by atoms with Crippen LogP contribution in [0.3, 0.4) is 0 Å². The number of aliphatic hydroxyl groups excluding tert-OH is 1. The largest absolute Gasteiger partial charge is 0.486 e. The van der Waals surface area contributed by atoms with Crippen molar-refractivity contribution in [3.05, 3.63) is 65.6 Å². The maximum atomic E-state index is 13.7. The first-order valence-electron chi connectivity index (χ1n) is 13.3. The summed E-state index contributed by atoms with van der Waals surface area (Å²) in [5.41, 5.74) is 1.13. The van der Waals surface area contributed by atoms with Crippen LogP contribution in [0.1, 0.15) is 34.0 Å². The number of nitrogens with zero attached hydrogens (tertiary/aromatic N) is 5. The van der Waals surface area contributed by atoms with Crippen LogP contribution in [0, 0.1) is 5.92 Å². The molecule has 14 heteroatoms. The first-order chi connectivity index (χ1) is 20.0. The Morgan fingerprint density at radius 1 is 1.26 bits per heavy atom. The lowest BCUT2D eigenvalue weighted by molar-refractivity contribution is 0.0388. The van der Waals surface area contributed by atoms with E-state index in [0.717, 1.165) is 4.70 Å². The maximum Gasteiger partial charge on any atom is 0.284 e. The average Bonchev–Trinajstić information content (AvgIpc) is 3.61. The molecule has 0 radical (unpaired) electrons. The third-order valence-electron chi connectivity index (χ3n) is 7.22. The zero-order chi connectivity index (χ0) is 30.2. The van der Waals surface area contributed by atoms with Crippen LogP contribution in [-0.2, 0) is 17.1 Å². The highest BCUT2D eigenvalue weighted by Crippen LogP contribution is 2.36. The molecule has 4 aromatic rings. The number of carbonyl (C=O) groups is 2. The zero-order valence-corrected chi connectivity index (χ0v) is 25.2. The van der Waals surface area contributed by atoms with Crippen LogP contribution in [0.25, 0.3) is 10.2 Å². The Morgan fingerprint density at radius 2 is 2.02 bits per heavy atom. The standard InChI is InChI=1S/C28H32N6O6S2/c1-17-12-34(18(2)15-35)28(37)19-8-7-10-21(30-26(36)27-31-20-9-5-6-11-23(20)41-27)25(19)40-22(17)13-33(4)42(38,39)24-14-32(3)16-29-24/h5-11,14,16-18,22,35H,12-13,15H2,1-4H3,(H,30,36)/t17-,18-,22+/m0/s1. The summed E-state index contributed by atoms with van der Waals surface area (Å²) in [5, 5.41) is 12.9. The van der Waals surface area contributed by atoms with Crippen molar-refractivity contribution in [1.82, 2.24) is 23.7 Å². The van der Waals surface area contributed by atoms with Gasteiger partial charge in [0.25, 0.3) is 21.8 Å². The molecular weight excluding hydrogens is 580 g/mol. The number of aliphatic hydroxyl groups is 1. The molecule has 42 heavy (non-hydrogen) atoms. The number of carbonyl (C=O) groups excluding carboxylic acids is 2. The molecular formula is C28H32N6O6S2. The molecule has 0 fully saturated rings. The summed E-state index contributed by atoms with van der Waals surface area (Å²) in [6, 6.07) is 11.7. The van der Waals surface area contributed by atoms with Crippen molar-refractivity contribution in [2.45, 2.75) is 31.0 Å². The molecule has 0 saturated carbocycles. The maximum absolute atomic E-state index is 13.7. The predicted molar refractivity (Wildman–Crippen MR) is 158 cm³/mol. The van der Waals surface area contributed by atoms with Crippen molar-refractivity contribution in [2.75, 3.05) is 32.1 Å². The number of sulfonamides is 1. The van der Waals surface area contributed by atoms with Crippen LogP contribution in [0.15, 0.2) is 60.0 Å². The molecule has 1 aliphatic rings. The van der Waals surface area contributed by atoms with Gasteiger partial charge >= 0.3 is 0 Å². The fourth-order valence-corrected chi connectivity index (χ4v) is 6.74. The van der Waals surface area contributed by atoms with Crippen LogP contribution in [0.5, 0.6) is 5.75 Å². The van der Waals surface area contributed by atoms with Crippen molar-refractivity contribution in [1.29, 1.82) is 0 Å². The molecule has 12 nitrogen and oxygen atoms in total. The van der Waals surface area contributed by atoms with E-state index in [0.29, 0.717) is 5.52 Å². The number of rotatable bonds is 8. The molecule has 0 saturated heterocycles. The number of benzene rings is 2. The molecule has 2 aromatic heterocycles. The van der Waals surface area contributed by atoms with Gasteiger partial charge in [-0.2, -0.15) is 4.31 Å². The Kier molecular flexibility index (Phi) is 8.32. The molecule has 0 spiro atoms. The summed E-state index contributed by atoms with van der Waals surface area (Å²) in [5.74, 6) is -1.08. The normalized spacial score (nSPS) is 18.3. The number of para-hydroxylation sites is 2. The van der Waals surface area contributed by atoms with E-state index in [2.05, 4.69) is 15.3 Å². The summed E-state index contributed by atoms with van der Waals surface area (Å²) in [4.78, 5) is 37.0. The van der Waals surface area contributed by atoms with Crippen molar-refractivity contribution >= 4 is 49.1 Å². The van der Waals surface area contributed by atoms with Crippen LogP contribution < -0.4 is 10.1 Å². The second-order valence-electron chi connectivity index (χ2n) is 10.4. The summed E-state index contributed by atoms with van der Waals surface area (Å²) in [6.45, 7) is 3.47. The first kappa shape index (κ1) is 29.6. The number of amides is 2. The molecule has 3 atom stereocenters. The average molecular weight is 613 g/mol. The van der Waals surface area contributed by atoms with E-state index in [-0.39, 0.29) is 58.6 Å². The molecule has 5 rings (SSSR count). The van der Waals surface area contributed by atoms with E-state index in [1.807, 2.05) is 31.2 Å². The Morgan fingerprint density at radius 3 is 2.71 bits per heavy atom. The molecule has 3 heterocycles. The first-order valence-corrected chi connectivity index (χ1v) is 15.6. The minimum absolute atomic E-state index is 0.0603. The van der Waals surface area contributed by atoms with Crippen molar-refractivity contribution in [3.63, 3.8) is 0 Å². The van der Waals surface area contributed by atoms with Crippen LogP contribution in [-0.4, -0.2) is 88.0 Å². The minimum atomic E-state index is -3.94. The van der Waals surface area contributed by atoms with Gasteiger partial charge in [-0.25, -0.2) is 18.4 Å². The predicted octanol–water partition coefficient (Wildman–Crippen LogP) is 2.82. The monoisotopic (exact) mass is 612 g/mol. The number of nitrogens with one attached hydrogen (secondary N) is 1. The van der Waals surface area contributed by atoms with E-state index < -0.39 is 28.1 Å². The van der Waals surface area contributed by atoms with Crippen LogP contribution in [0.4, 0.5) is 5.69 Å². The van der Waals surface area contributed by atoms with Crippen molar-refractivity contribution in [3.8, 4) is 5.75 Å². The van der Waals surface area contributed by atoms with Gasteiger partial charge in [0.05, 0.1) is 47.0 Å². The fraction of sp³-hybridized carbons (Fsp3) is 0.357. The van der Waals surface area contributed by atoms with Gasteiger partial charge in [-0.1, -0.05) is 25.1 Å². The third-order valence-corrected chi connectivity index (χ3v) is 9.96. The topological polar surface area (TPSA) is 147 Å². The number of likely N-dealkylation sites (N-methyl/N-ethyl adjacent to an activating group) is 1. The van der Waals surface area contributed by atoms with Gasteiger partial charge < -0.3 is 24.6 Å². The third kappa shape index (κ3) is 5.75. The van der Waals surface area contributed by atoms with E-state index in [1.54, 1.807) is 41.6 Å². The Bertz CT molecular complexity index is 1700. The van der Waals surface area contributed by atoms with E-state index in [1.165, 1.54) is 35.2 Å². The fourth-order valence-electron chi connectivity index (χ4n) is 4.74. The molecule has 0 unspecified atom stereocenters. The molecule has 2 N–H and O–H groups in total. The Labute approximate surface area is 247 Å². The van der Waals surface area contributed by atoms with Crippen LogP contribution in [0.2, 0.25) is 0 Å². The second-order valence-corrected chi connectivity index (χ2v) is 13.4. The number of thiazole rings is 1. The van der Waals surface area contributed by atoms with Gasteiger partial charge in [0.15, 0.2) is 15.8 Å². The lowest BCUT2D eigenvalue weighted by atomic mass is 9.99. The SMILES string of the molecule is C[C@H]1CN([C@@H](C)CO)C(=O)c2cccc(NC(=O)c3nc4ccccc4s3)c2O[C@@H]1CN(C)S(=O)(=O)c1cn(C)cn1. The molecule has 0 aliphatic carbocycles. The van der Waals surface area contributed by atoms with Gasteiger partial charge in [0.1, 0.15) is 6.10 Å². The molecule has 222 valence electrons. The van der Waals surface area contributed by atoms with E-state index in [9.17, 15) is 23.1 Å². The summed E-state index contributed by atoms with van der Waals surface area (Å²) >= 11 is 1.24. The summed E-state index contributed by atoms with van der Waals surface area (Å²) < 4.78 is 36.6. The highest BCUT2D eigenvalue weighted by atomic mass is 32.2. The highest BCUT2D eigenvalue weighted by molar-refractivity contribution is 7.89. The number of ether oxygens (including phenoxy) is 1. The molecule has 1 aliphatic heterocycles. The lowest BCUT2D eigenvalue weighted by Gasteiger charge is -2.38. The number of anilines is 1. The second kappa shape index (κ2) is 11.8. The van der Waals surface area contributed by atoms with Gasteiger partial charge in [-0.15, -0.1) is 11.3 Å².